The third kappa shape index (κ3) is 5.34. The van der Waals surface area contributed by atoms with Crippen LogP contribution in [0.3, 0.4) is 0 Å². The number of hydroxylamine groups is 1. The fourth-order valence-electron chi connectivity index (χ4n) is 3.76. The Kier molecular flexibility index (Phi) is 7.43. The van der Waals surface area contributed by atoms with Gasteiger partial charge in [-0.2, -0.15) is 0 Å². The second-order valence-corrected chi connectivity index (χ2v) is 8.31. The largest absolute Gasteiger partial charge is 0.365 e. The van der Waals surface area contributed by atoms with Crippen molar-refractivity contribution in [1.82, 2.24) is 20.7 Å². The lowest BCUT2D eigenvalue weighted by Crippen LogP contribution is -2.41. The lowest BCUT2D eigenvalue weighted by molar-refractivity contribution is -0.121. The molecular formula is C26H27ClN6O2. The van der Waals surface area contributed by atoms with Gasteiger partial charge in [0.15, 0.2) is 12.1 Å². The summed E-state index contributed by atoms with van der Waals surface area (Å²) in [7, 11) is 0. The Bertz CT molecular complexity index is 1270. The summed E-state index contributed by atoms with van der Waals surface area (Å²) in [5.74, 6) is 1.39. The molecule has 180 valence electrons. The van der Waals surface area contributed by atoms with Crippen molar-refractivity contribution in [3.8, 4) is 0 Å². The van der Waals surface area contributed by atoms with E-state index in [1.54, 1.807) is 17.2 Å². The molecule has 0 fully saturated rings. The van der Waals surface area contributed by atoms with Crippen molar-refractivity contribution in [3.05, 3.63) is 94.6 Å². The van der Waals surface area contributed by atoms with Crippen LogP contribution in [0.5, 0.6) is 0 Å². The molecule has 1 aromatic carbocycles. The van der Waals surface area contributed by atoms with E-state index in [0.29, 0.717) is 46.7 Å². The van der Waals surface area contributed by atoms with Crippen LogP contribution in [0.15, 0.2) is 82.7 Å². The maximum Gasteiger partial charge on any atom is 0.260 e. The summed E-state index contributed by atoms with van der Waals surface area (Å²) < 4.78 is 0. The van der Waals surface area contributed by atoms with Gasteiger partial charge < -0.3 is 5.32 Å². The molecule has 0 spiro atoms. The number of carbonyl (C=O) groups excluding carboxylic acids is 1. The molecule has 4 rings (SSSR count). The number of carbonyl (C=O) groups is 1. The molecule has 0 saturated carbocycles. The van der Waals surface area contributed by atoms with Crippen molar-refractivity contribution in [1.29, 1.82) is 0 Å². The van der Waals surface area contributed by atoms with Crippen molar-refractivity contribution < 1.29 is 9.63 Å². The molecule has 2 aliphatic heterocycles. The number of hydrogen-bond donors (Lipinski definition) is 2. The number of pyridine rings is 1. The van der Waals surface area contributed by atoms with Gasteiger partial charge in [0.1, 0.15) is 11.7 Å². The number of rotatable bonds is 7. The predicted molar refractivity (Wildman–Crippen MR) is 138 cm³/mol. The van der Waals surface area contributed by atoms with E-state index in [9.17, 15) is 4.79 Å². The van der Waals surface area contributed by atoms with Crippen molar-refractivity contribution in [3.63, 3.8) is 0 Å². The van der Waals surface area contributed by atoms with Gasteiger partial charge in [-0.3, -0.25) is 14.7 Å². The molecule has 9 heteroatoms. The third-order valence-electron chi connectivity index (χ3n) is 5.53. The van der Waals surface area contributed by atoms with E-state index in [4.69, 9.17) is 16.4 Å². The van der Waals surface area contributed by atoms with E-state index in [2.05, 4.69) is 32.3 Å². The first-order valence-electron chi connectivity index (χ1n) is 11.3. The number of likely N-dealkylation sites (N-methyl/N-ethyl adjacent to an activating group) is 1. The Morgan fingerprint density at radius 2 is 2.20 bits per heavy atom. The topological polar surface area (TPSA) is 91.2 Å². The Hall–Kier alpha value is -3.75. The molecule has 0 saturated heterocycles. The smallest absolute Gasteiger partial charge is 0.260 e. The molecule has 1 unspecified atom stereocenters. The molecule has 8 nitrogen and oxygen atoms in total. The van der Waals surface area contributed by atoms with Crippen LogP contribution in [-0.4, -0.2) is 40.2 Å². The zero-order valence-electron chi connectivity index (χ0n) is 19.9. The minimum atomic E-state index is -0.271. The molecule has 0 bridgehead atoms. The number of amidine groups is 2. The van der Waals surface area contributed by atoms with Gasteiger partial charge in [0.2, 0.25) is 0 Å². The predicted octanol–water partition coefficient (Wildman–Crippen LogP) is 4.21. The Balaban J connectivity index is 1.61. The van der Waals surface area contributed by atoms with Gasteiger partial charge >= 0.3 is 0 Å². The van der Waals surface area contributed by atoms with Crippen molar-refractivity contribution >= 4 is 34.8 Å². The molecule has 2 N–H and O–H groups in total. The SMILES string of the molecule is C=C(/N=C1\C(=C/C)C=C(c2ccc(C3=NC(C)ON3)cc2Cl)C(=O)N1CC)NCc1ccccn1. The first kappa shape index (κ1) is 24.4. The summed E-state index contributed by atoms with van der Waals surface area (Å²) >= 11 is 6.63. The van der Waals surface area contributed by atoms with Crippen LogP contribution >= 0.6 is 11.6 Å². The monoisotopic (exact) mass is 490 g/mol. The highest BCUT2D eigenvalue weighted by molar-refractivity contribution is 6.37. The molecule has 1 amide bonds. The van der Waals surface area contributed by atoms with E-state index in [1.165, 1.54) is 0 Å². The molecule has 1 atom stereocenters. The van der Waals surface area contributed by atoms with E-state index < -0.39 is 0 Å². The Labute approximate surface area is 209 Å². The van der Waals surface area contributed by atoms with Crippen molar-refractivity contribution in [2.45, 2.75) is 33.5 Å². The summed E-state index contributed by atoms with van der Waals surface area (Å²) in [5, 5.41) is 3.60. The van der Waals surface area contributed by atoms with Gasteiger partial charge in [-0.25, -0.2) is 20.3 Å². The molecule has 0 radical (unpaired) electrons. The molecule has 3 heterocycles. The molecule has 1 aromatic heterocycles. The summed E-state index contributed by atoms with van der Waals surface area (Å²) in [5.41, 5.74) is 6.37. The summed E-state index contributed by atoms with van der Waals surface area (Å²) in [6.45, 7) is 10.6. The van der Waals surface area contributed by atoms with E-state index >= 15 is 0 Å². The van der Waals surface area contributed by atoms with Crippen LogP contribution in [0.4, 0.5) is 0 Å². The number of nitrogens with one attached hydrogen (secondary N) is 2. The zero-order chi connectivity index (χ0) is 24.9. The highest BCUT2D eigenvalue weighted by atomic mass is 35.5. The molecular weight excluding hydrogens is 464 g/mol. The van der Waals surface area contributed by atoms with Crippen LogP contribution in [0.2, 0.25) is 5.02 Å². The minimum Gasteiger partial charge on any atom is -0.365 e. The highest BCUT2D eigenvalue weighted by Gasteiger charge is 2.31. The van der Waals surface area contributed by atoms with E-state index in [1.807, 2.05) is 63.3 Å². The average molecular weight is 491 g/mol. The van der Waals surface area contributed by atoms with Gasteiger partial charge in [0, 0.05) is 40.0 Å². The molecule has 0 aliphatic carbocycles. The fraction of sp³-hybridized carbons (Fsp3) is 0.231. The summed E-state index contributed by atoms with van der Waals surface area (Å²) in [6.07, 6.45) is 5.19. The maximum absolute atomic E-state index is 13.5. The van der Waals surface area contributed by atoms with Gasteiger partial charge in [-0.05, 0) is 45.0 Å². The number of amides is 1. The first-order chi connectivity index (χ1) is 16.9. The van der Waals surface area contributed by atoms with Crippen LogP contribution < -0.4 is 10.8 Å². The van der Waals surface area contributed by atoms with Crippen LogP contribution in [-0.2, 0) is 16.2 Å². The first-order valence-corrected chi connectivity index (χ1v) is 11.7. The lowest BCUT2D eigenvalue weighted by atomic mass is 9.95. The van der Waals surface area contributed by atoms with Crippen LogP contribution in [0, 0.1) is 0 Å². The lowest BCUT2D eigenvalue weighted by Gasteiger charge is -2.30. The molecule has 2 aromatic rings. The summed E-state index contributed by atoms with van der Waals surface area (Å²) in [4.78, 5) is 33.7. The van der Waals surface area contributed by atoms with Crippen molar-refractivity contribution in [2.24, 2.45) is 9.98 Å². The Morgan fingerprint density at radius 3 is 2.83 bits per heavy atom. The van der Waals surface area contributed by atoms with E-state index in [-0.39, 0.29) is 12.1 Å². The molecule has 35 heavy (non-hydrogen) atoms. The number of halogens is 1. The van der Waals surface area contributed by atoms with Gasteiger partial charge in [0.25, 0.3) is 5.91 Å². The number of aliphatic imine (C=N–C) groups is 2. The quantitative estimate of drug-likeness (QED) is 0.606. The fourth-order valence-corrected chi connectivity index (χ4v) is 4.04. The van der Waals surface area contributed by atoms with Crippen molar-refractivity contribution in [2.75, 3.05) is 6.54 Å². The second kappa shape index (κ2) is 10.7. The number of hydrogen-bond acceptors (Lipinski definition) is 7. The maximum atomic E-state index is 13.5. The normalized spacial score (nSPS) is 20.1. The average Bonchev–Trinajstić information content (AvgIpc) is 3.30. The van der Waals surface area contributed by atoms with Gasteiger partial charge in [-0.1, -0.05) is 42.5 Å². The molecule has 2 aliphatic rings. The third-order valence-corrected chi connectivity index (χ3v) is 5.84. The number of nitrogens with zero attached hydrogens (tertiary/aromatic N) is 4. The van der Waals surface area contributed by atoms with Crippen LogP contribution in [0.1, 0.15) is 37.6 Å². The highest BCUT2D eigenvalue weighted by Crippen LogP contribution is 2.32. The second-order valence-electron chi connectivity index (χ2n) is 7.90. The summed E-state index contributed by atoms with van der Waals surface area (Å²) in [6, 6.07) is 11.2. The standard InChI is InChI=1S/C26H27ClN6O2/c1-5-18-13-22(21-11-10-19(14-23(21)27)24-31-17(4)35-32-24)26(34)33(6-2)25(18)30-16(3)29-15-20-9-7-8-12-28-20/h5,7-14,17,29H,3,6,15H2,1-2,4H3,(H,31,32)/b18-5-,30-25+. The van der Waals surface area contributed by atoms with Crippen LogP contribution in [0.25, 0.3) is 5.57 Å². The minimum absolute atomic E-state index is 0.183. The van der Waals surface area contributed by atoms with Gasteiger partial charge in [-0.15, -0.1) is 0 Å². The number of aromatic nitrogens is 1. The van der Waals surface area contributed by atoms with Gasteiger partial charge in [0.05, 0.1) is 12.2 Å². The number of allylic oxidation sites excluding steroid dienone is 1. The Morgan fingerprint density at radius 1 is 1.37 bits per heavy atom. The number of benzene rings is 1. The zero-order valence-corrected chi connectivity index (χ0v) is 20.6. The van der Waals surface area contributed by atoms with E-state index in [0.717, 1.165) is 16.8 Å².